The summed E-state index contributed by atoms with van der Waals surface area (Å²) in [7, 11) is 2.17. The summed E-state index contributed by atoms with van der Waals surface area (Å²) >= 11 is 0. The number of aromatic nitrogens is 5. The molecule has 7 nitrogen and oxygen atoms in total. The minimum atomic E-state index is 0.912. The number of benzene rings is 1. The zero-order chi connectivity index (χ0) is 22.2. The number of fused-ring (bicyclic) bond motifs is 1. The Morgan fingerprint density at radius 2 is 1.67 bits per heavy atom. The van der Waals surface area contributed by atoms with Gasteiger partial charge in [-0.15, -0.1) is 0 Å². The van der Waals surface area contributed by atoms with Crippen molar-refractivity contribution in [3.8, 4) is 28.1 Å². The van der Waals surface area contributed by atoms with E-state index in [1.54, 1.807) is 6.20 Å². The highest BCUT2D eigenvalue weighted by atomic mass is 15.3. The van der Waals surface area contributed by atoms with Crippen molar-refractivity contribution in [2.24, 2.45) is 0 Å². The van der Waals surface area contributed by atoms with Crippen LogP contribution in [-0.4, -0.2) is 62.3 Å². The van der Waals surface area contributed by atoms with E-state index in [1.165, 1.54) is 0 Å². The lowest BCUT2D eigenvalue weighted by Crippen LogP contribution is -2.44. The monoisotopic (exact) mass is 435 g/mol. The van der Waals surface area contributed by atoms with Crippen LogP contribution in [0.25, 0.3) is 33.7 Å². The topological polar surface area (TPSA) is 54.5 Å². The molecule has 33 heavy (non-hydrogen) atoms. The maximum Gasteiger partial charge on any atom is 0.137 e. The SMILES string of the molecule is CN1CCN(c2ccc(-c3ccn4c(-c5cccc(-n6cccn6)c5)cnc4c3)cn2)CC1. The molecule has 7 heteroatoms. The fourth-order valence-corrected chi connectivity index (χ4v) is 4.38. The van der Waals surface area contributed by atoms with Gasteiger partial charge in [-0.05, 0) is 55.1 Å². The Balaban J connectivity index is 1.28. The van der Waals surface area contributed by atoms with Crippen LogP contribution in [0, 0.1) is 0 Å². The van der Waals surface area contributed by atoms with Crippen LogP contribution in [-0.2, 0) is 0 Å². The van der Waals surface area contributed by atoms with E-state index in [4.69, 9.17) is 4.98 Å². The molecule has 0 saturated carbocycles. The van der Waals surface area contributed by atoms with Crippen molar-refractivity contribution in [2.45, 2.75) is 0 Å². The highest BCUT2D eigenvalue weighted by Gasteiger charge is 2.15. The third-order valence-electron chi connectivity index (χ3n) is 6.33. The van der Waals surface area contributed by atoms with Gasteiger partial charge in [-0.1, -0.05) is 12.1 Å². The largest absolute Gasteiger partial charge is 0.354 e. The molecule has 0 spiro atoms. The van der Waals surface area contributed by atoms with Crippen LogP contribution in [0.15, 0.2) is 85.6 Å². The van der Waals surface area contributed by atoms with Crippen LogP contribution >= 0.6 is 0 Å². The highest BCUT2D eigenvalue weighted by molar-refractivity contribution is 5.71. The van der Waals surface area contributed by atoms with Crippen LogP contribution in [0.2, 0.25) is 0 Å². The Kier molecular flexibility index (Phi) is 4.88. The molecule has 1 aromatic carbocycles. The summed E-state index contributed by atoms with van der Waals surface area (Å²) in [6, 6.07) is 18.8. The highest BCUT2D eigenvalue weighted by Crippen LogP contribution is 2.27. The molecule has 1 fully saturated rings. The van der Waals surface area contributed by atoms with E-state index in [9.17, 15) is 0 Å². The number of hydrogen-bond donors (Lipinski definition) is 0. The minimum absolute atomic E-state index is 0.912. The normalized spacial score (nSPS) is 14.8. The van der Waals surface area contributed by atoms with Gasteiger partial charge in [0.05, 0.1) is 17.6 Å². The summed E-state index contributed by atoms with van der Waals surface area (Å²) in [5.41, 5.74) is 6.30. The van der Waals surface area contributed by atoms with Crippen LogP contribution in [0.4, 0.5) is 5.82 Å². The van der Waals surface area contributed by atoms with Crippen LogP contribution in [0.3, 0.4) is 0 Å². The first-order valence-electron chi connectivity index (χ1n) is 11.2. The standard InChI is InChI=1S/C26H25N7/c1-30-12-14-31(15-13-30)25-7-6-22(18-27-25)20-8-11-32-24(19-28-26(32)17-20)21-4-2-5-23(16-21)33-10-3-9-29-33/h2-11,16-19H,12-15H2,1H3. The Morgan fingerprint density at radius 3 is 2.45 bits per heavy atom. The van der Waals surface area contributed by atoms with Crippen molar-refractivity contribution in [3.05, 3.63) is 85.6 Å². The number of nitrogens with zero attached hydrogens (tertiary/aromatic N) is 7. The van der Waals surface area contributed by atoms with E-state index in [0.29, 0.717) is 0 Å². The molecule has 0 amide bonds. The Bertz CT molecular complexity index is 1380. The number of imidazole rings is 1. The van der Waals surface area contributed by atoms with Crippen molar-refractivity contribution >= 4 is 11.5 Å². The summed E-state index contributed by atoms with van der Waals surface area (Å²) in [4.78, 5) is 14.1. The fourth-order valence-electron chi connectivity index (χ4n) is 4.38. The van der Waals surface area contributed by atoms with Gasteiger partial charge in [0.25, 0.3) is 0 Å². The molecule has 1 aliphatic heterocycles. The predicted octanol–water partition coefficient (Wildman–Crippen LogP) is 4.00. The third-order valence-corrected chi connectivity index (χ3v) is 6.33. The van der Waals surface area contributed by atoms with Gasteiger partial charge in [-0.2, -0.15) is 5.10 Å². The average molecular weight is 436 g/mol. The zero-order valence-electron chi connectivity index (χ0n) is 18.5. The molecular formula is C26H25N7. The Morgan fingerprint density at radius 1 is 0.758 bits per heavy atom. The van der Waals surface area contributed by atoms with E-state index in [2.05, 4.69) is 80.0 Å². The average Bonchev–Trinajstić information content (AvgIpc) is 3.55. The van der Waals surface area contributed by atoms with Gasteiger partial charge in [-0.3, -0.25) is 4.40 Å². The summed E-state index contributed by atoms with van der Waals surface area (Å²) < 4.78 is 3.99. The number of anilines is 1. The van der Waals surface area contributed by atoms with Gasteiger partial charge in [0, 0.05) is 62.1 Å². The predicted molar refractivity (Wildman–Crippen MR) is 131 cm³/mol. The maximum absolute atomic E-state index is 4.74. The van der Waals surface area contributed by atoms with Gasteiger partial charge >= 0.3 is 0 Å². The van der Waals surface area contributed by atoms with Crippen LogP contribution in [0.1, 0.15) is 0 Å². The number of rotatable bonds is 4. The molecule has 1 aliphatic rings. The lowest BCUT2D eigenvalue weighted by Gasteiger charge is -2.33. The zero-order valence-corrected chi connectivity index (χ0v) is 18.5. The van der Waals surface area contributed by atoms with Gasteiger partial charge < -0.3 is 9.80 Å². The Hall–Kier alpha value is -3.97. The summed E-state index contributed by atoms with van der Waals surface area (Å²) in [5, 5.41) is 4.34. The molecule has 0 unspecified atom stereocenters. The molecule has 0 radical (unpaired) electrons. The van der Waals surface area contributed by atoms with Crippen molar-refractivity contribution in [2.75, 3.05) is 38.1 Å². The van der Waals surface area contributed by atoms with Gasteiger partial charge in [-0.25, -0.2) is 14.6 Å². The fraction of sp³-hybridized carbons (Fsp3) is 0.192. The van der Waals surface area contributed by atoms with E-state index < -0.39 is 0 Å². The molecule has 0 bridgehead atoms. The lowest BCUT2D eigenvalue weighted by molar-refractivity contribution is 0.312. The third kappa shape index (κ3) is 3.76. The van der Waals surface area contributed by atoms with Gasteiger partial charge in [0.1, 0.15) is 11.5 Å². The van der Waals surface area contributed by atoms with E-state index in [-0.39, 0.29) is 0 Å². The quantitative estimate of drug-likeness (QED) is 0.427. The van der Waals surface area contributed by atoms with E-state index in [1.807, 2.05) is 35.4 Å². The molecular weight excluding hydrogens is 410 g/mol. The molecule has 164 valence electrons. The maximum atomic E-state index is 4.74. The van der Waals surface area contributed by atoms with Gasteiger partial charge in [0.15, 0.2) is 0 Å². The molecule has 6 rings (SSSR count). The second-order valence-corrected chi connectivity index (χ2v) is 8.48. The molecule has 4 aromatic heterocycles. The molecule has 5 aromatic rings. The summed E-state index contributed by atoms with van der Waals surface area (Å²) in [6.45, 7) is 4.20. The van der Waals surface area contributed by atoms with E-state index >= 15 is 0 Å². The molecule has 1 saturated heterocycles. The Labute approximate surface area is 192 Å². The number of pyridine rings is 2. The molecule has 0 aliphatic carbocycles. The summed E-state index contributed by atoms with van der Waals surface area (Å²) in [5.74, 6) is 1.05. The first-order chi connectivity index (χ1) is 16.2. The molecule has 0 N–H and O–H groups in total. The van der Waals surface area contributed by atoms with Crippen molar-refractivity contribution < 1.29 is 0 Å². The summed E-state index contributed by atoms with van der Waals surface area (Å²) in [6.07, 6.45) is 9.72. The van der Waals surface area contributed by atoms with Crippen LogP contribution in [0.5, 0.6) is 0 Å². The van der Waals surface area contributed by atoms with Crippen LogP contribution < -0.4 is 4.90 Å². The first-order valence-corrected chi connectivity index (χ1v) is 11.2. The van der Waals surface area contributed by atoms with Crippen molar-refractivity contribution in [1.29, 1.82) is 0 Å². The smallest absolute Gasteiger partial charge is 0.137 e. The van der Waals surface area contributed by atoms with E-state index in [0.717, 1.165) is 65.7 Å². The van der Waals surface area contributed by atoms with Crippen molar-refractivity contribution in [1.82, 2.24) is 29.0 Å². The number of hydrogen-bond acceptors (Lipinski definition) is 5. The molecule has 5 heterocycles. The van der Waals surface area contributed by atoms with Crippen molar-refractivity contribution in [3.63, 3.8) is 0 Å². The molecule has 0 atom stereocenters. The second kappa shape index (κ2) is 8.18. The lowest BCUT2D eigenvalue weighted by atomic mass is 10.1. The minimum Gasteiger partial charge on any atom is -0.354 e. The second-order valence-electron chi connectivity index (χ2n) is 8.48. The number of piperazine rings is 1. The first kappa shape index (κ1) is 19.7. The van der Waals surface area contributed by atoms with Gasteiger partial charge in [0.2, 0.25) is 0 Å². The number of likely N-dealkylation sites (N-methyl/N-ethyl adjacent to an activating group) is 1.